The van der Waals surface area contributed by atoms with Gasteiger partial charge in [0.25, 0.3) is 0 Å². The molecular formula is C23H16Cl2F3N3O3. The summed E-state index contributed by atoms with van der Waals surface area (Å²) in [5.74, 6) is -1.75. The van der Waals surface area contributed by atoms with Gasteiger partial charge >= 0.3 is 18.0 Å². The van der Waals surface area contributed by atoms with Crippen LogP contribution in [0, 0.1) is 0 Å². The lowest BCUT2D eigenvalue weighted by molar-refractivity contribution is -0.137. The Labute approximate surface area is 202 Å². The molecule has 0 fully saturated rings. The summed E-state index contributed by atoms with van der Waals surface area (Å²) < 4.78 is 43.9. The van der Waals surface area contributed by atoms with E-state index in [2.05, 4.69) is 10.4 Å². The molecule has 0 aliphatic heterocycles. The highest BCUT2D eigenvalue weighted by Crippen LogP contribution is 2.30. The molecule has 176 valence electrons. The number of hydrogen-bond donors (Lipinski definition) is 2. The molecule has 0 aromatic heterocycles. The van der Waals surface area contributed by atoms with Gasteiger partial charge in [-0.1, -0.05) is 35.3 Å². The average molecular weight is 510 g/mol. The molecule has 0 saturated carbocycles. The Hall–Kier alpha value is -3.56. The summed E-state index contributed by atoms with van der Waals surface area (Å²) in [5.41, 5.74) is 2.24. The Balaban J connectivity index is 1.50. The monoisotopic (exact) mass is 509 g/mol. The lowest BCUT2D eigenvalue weighted by atomic mass is 10.2. The van der Waals surface area contributed by atoms with Crippen LogP contribution in [0.4, 0.5) is 18.9 Å². The molecule has 0 radical (unpaired) electrons. The Morgan fingerprint density at radius 1 is 0.971 bits per heavy atom. The smallest absolute Gasteiger partial charge is 0.416 e. The summed E-state index contributed by atoms with van der Waals surface area (Å²) in [6.07, 6.45) is -3.29. The molecule has 0 atom stereocenters. The van der Waals surface area contributed by atoms with Crippen LogP contribution in [0.5, 0.6) is 5.75 Å². The fourth-order valence-electron chi connectivity index (χ4n) is 2.63. The Morgan fingerprint density at radius 2 is 1.71 bits per heavy atom. The first-order chi connectivity index (χ1) is 16.1. The molecule has 0 saturated heterocycles. The van der Waals surface area contributed by atoms with Crippen molar-refractivity contribution in [2.75, 3.05) is 5.32 Å². The minimum absolute atomic E-state index is 0.172. The van der Waals surface area contributed by atoms with Gasteiger partial charge in [-0.3, -0.25) is 9.59 Å². The van der Waals surface area contributed by atoms with Gasteiger partial charge < -0.3 is 10.1 Å². The predicted octanol–water partition coefficient (Wildman–Crippen LogP) is 5.68. The summed E-state index contributed by atoms with van der Waals surface area (Å²) >= 11 is 12.0. The van der Waals surface area contributed by atoms with Gasteiger partial charge in [0.2, 0.25) is 0 Å². The predicted molar refractivity (Wildman–Crippen MR) is 123 cm³/mol. The van der Waals surface area contributed by atoms with E-state index in [1.807, 2.05) is 5.43 Å². The molecule has 0 aliphatic carbocycles. The minimum atomic E-state index is -4.57. The summed E-state index contributed by atoms with van der Waals surface area (Å²) in [6, 6.07) is 15.7. The zero-order valence-corrected chi connectivity index (χ0v) is 18.7. The molecule has 3 rings (SSSR count). The minimum Gasteiger partial charge on any atom is -0.489 e. The zero-order valence-electron chi connectivity index (χ0n) is 17.2. The van der Waals surface area contributed by atoms with Crippen LogP contribution in [0.25, 0.3) is 0 Å². The van der Waals surface area contributed by atoms with Gasteiger partial charge in [-0.05, 0) is 60.2 Å². The van der Waals surface area contributed by atoms with Crippen LogP contribution in [0.1, 0.15) is 16.7 Å². The van der Waals surface area contributed by atoms with Crippen molar-refractivity contribution in [2.45, 2.75) is 12.8 Å². The van der Waals surface area contributed by atoms with Gasteiger partial charge in [0.15, 0.2) is 0 Å². The quantitative estimate of drug-likeness (QED) is 0.255. The zero-order chi connectivity index (χ0) is 24.7. The molecule has 0 aliphatic rings. The molecule has 3 aromatic carbocycles. The van der Waals surface area contributed by atoms with Crippen LogP contribution in [-0.2, 0) is 22.4 Å². The molecule has 2 amide bonds. The SMILES string of the molecule is O=C(N/N=C\c1ccc(OCc2ccc(Cl)cc2Cl)cc1)C(=O)Nc1cccc(C(F)(F)F)c1. The number of hydrazone groups is 1. The molecule has 34 heavy (non-hydrogen) atoms. The van der Waals surface area contributed by atoms with Gasteiger partial charge in [0.05, 0.1) is 11.8 Å². The Morgan fingerprint density at radius 3 is 2.38 bits per heavy atom. The van der Waals surface area contributed by atoms with Crippen molar-refractivity contribution in [3.63, 3.8) is 0 Å². The molecule has 11 heteroatoms. The van der Waals surface area contributed by atoms with Crippen molar-refractivity contribution in [3.05, 3.63) is 93.5 Å². The van der Waals surface area contributed by atoms with Crippen molar-refractivity contribution in [3.8, 4) is 5.75 Å². The van der Waals surface area contributed by atoms with Gasteiger partial charge in [-0.2, -0.15) is 18.3 Å². The van der Waals surface area contributed by atoms with E-state index in [0.717, 1.165) is 23.8 Å². The molecule has 3 aromatic rings. The first kappa shape index (κ1) is 25.1. The normalized spacial score (nSPS) is 11.3. The second kappa shape index (κ2) is 11.0. The molecule has 0 unspecified atom stereocenters. The maximum absolute atomic E-state index is 12.7. The van der Waals surface area contributed by atoms with E-state index in [-0.39, 0.29) is 12.3 Å². The van der Waals surface area contributed by atoms with Crippen LogP contribution in [0.2, 0.25) is 10.0 Å². The maximum Gasteiger partial charge on any atom is 0.416 e. The van der Waals surface area contributed by atoms with E-state index < -0.39 is 23.6 Å². The van der Waals surface area contributed by atoms with E-state index in [1.165, 1.54) is 12.3 Å². The van der Waals surface area contributed by atoms with Crippen LogP contribution in [0.15, 0.2) is 71.8 Å². The van der Waals surface area contributed by atoms with Gasteiger partial charge in [0.1, 0.15) is 12.4 Å². The lowest BCUT2D eigenvalue weighted by Gasteiger charge is -2.09. The lowest BCUT2D eigenvalue weighted by Crippen LogP contribution is -2.32. The van der Waals surface area contributed by atoms with E-state index in [9.17, 15) is 22.8 Å². The molecule has 2 N–H and O–H groups in total. The number of alkyl halides is 3. The van der Waals surface area contributed by atoms with Gasteiger partial charge in [-0.15, -0.1) is 0 Å². The number of anilines is 1. The van der Waals surface area contributed by atoms with Crippen molar-refractivity contribution in [2.24, 2.45) is 5.10 Å². The third-order valence-electron chi connectivity index (χ3n) is 4.32. The van der Waals surface area contributed by atoms with Crippen LogP contribution in [0.3, 0.4) is 0 Å². The Kier molecular flexibility index (Phi) is 8.14. The van der Waals surface area contributed by atoms with Crippen LogP contribution >= 0.6 is 23.2 Å². The molecule has 0 heterocycles. The number of nitrogens with zero attached hydrogens (tertiary/aromatic N) is 1. The fourth-order valence-corrected chi connectivity index (χ4v) is 3.09. The second-order valence-corrected chi connectivity index (χ2v) is 7.67. The van der Waals surface area contributed by atoms with E-state index in [0.29, 0.717) is 21.4 Å². The third-order valence-corrected chi connectivity index (χ3v) is 4.91. The number of nitrogens with one attached hydrogen (secondary N) is 2. The number of carbonyl (C=O) groups excluding carboxylic acids is 2. The second-order valence-electron chi connectivity index (χ2n) is 6.83. The highest BCUT2D eigenvalue weighted by Gasteiger charge is 2.30. The van der Waals surface area contributed by atoms with Crippen molar-refractivity contribution in [1.29, 1.82) is 0 Å². The van der Waals surface area contributed by atoms with Gasteiger partial charge in [-0.25, -0.2) is 5.43 Å². The van der Waals surface area contributed by atoms with Gasteiger partial charge in [0, 0.05) is 21.3 Å². The number of carbonyl (C=O) groups is 2. The molecule has 0 spiro atoms. The molecular weight excluding hydrogens is 494 g/mol. The Bertz CT molecular complexity index is 1220. The fraction of sp³-hybridized carbons (Fsp3) is 0.0870. The average Bonchev–Trinajstić information content (AvgIpc) is 2.79. The van der Waals surface area contributed by atoms with Crippen LogP contribution < -0.4 is 15.5 Å². The highest BCUT2D eigenvalue weighted by atomic mass is 35.5. The molecule has 0 bridgehead atoms. The number of benzene rings is 3. The standard InChI is InChI=1S/C23H16Cl2F3N3O3/c24-17-7-6-15(20(25)11-17)13-34-19-8-4-14(5-9-19)12-29-31-22(33)21(32)30-18-3-1-2-16(10-18)23(26,27)28/h1-12H,13H2,(H,30,32)(H,31,33)/b29-12-. The summed E-state index contributed by atoms with van der Waals surface area (Å²) in [6.45, 7) is 0.237. The number of rotatable bonds is 6. The number of ether oxygens (including phenoxy) is 1. The van der Waals surface area contributed by atoms with Crippen molar-refractivity contribution < 1.29 is 27.5 Å². The first-order valence-electron chi connectivity index (χ1n) is 9.60. The number of hydrogen-bond acceptors (Lipinski definition) is 4. The summed E-state index contributed by atoms with van der Waals surface area (Å²) in [5, 5.41) is 6.77. The van der Waals surface area contributed by atoms with E-state index >= 15 is 0 Å². The number of halogens is 5. The number of amides is 2. The highest BCUT2D eigenvalue weighted by molar-refractivity contribution is 6.39. The summed E-state index contributed by atoms with van der Waals surface area (Å²) in [7, 11) is 0. The maximum atomic E-state index is 12.7. The van der Waals surface area contributed by atoms with E-state index in [4.69, 9.17) is 27.9 Å². The largest absolute Gasteiger partial charge is 0.489 e. The van der Waals surface area contributed by atoms with E-state index in [1.54, 1.807) is 42.5 Å². The van der Waals surface area contributed by atoms with Crippen LogP contribution in [-0.4, -0.2) is 18.0 Å². The topological polar surface area (TPSA) is 79.8 Å². The third kappa shape index (κ3) is 7.23. The first-order valence-corrected chi connectivity index (χ1v) is 10.4. The van der Waals surface area contributed by atoms with Crippen molar-refractivity contribution >= 4 is 46.9 Å². The summed E-state index contributed by atoms with van der Waals surface area (Å²) in [4.78, 5) is 23.7. The molecule has 6 nitrogen and oxygen atoms in total. The van der Waals surface area contributed by atoms with Crippen molar-refractivity contribution in [1.82, 2.24) is 5.43 Å².